The van der Waals surface area contributed by atoms with Gasteiger partial charge in [0, 0.05) is 18.5 Å². The molecule has 0 bridgehead atoms. The van der Waals surface area contributed by atoms with Crippen LogP contribution in [0, 0.1) is 0 Å². The highest BCUT2D eigenvalue weighted by Gasteiger charge is 2.22. The van der Waals surface area contributed by atoms with E-state index < -0.39 is 0 Å². The van der Waals surface area contributed by atoms with Gasteiger partial charge in [-0.2, -0.15) is 0 Å². The molecule has 5 heteroatoms. The molecule has 1 fully saturated rings. The molecule has 2 N–H and O–H groups in total. The second-order valence-corrected chi connectivity index (χ2v) is 7.82. The van der Waals surface area contributed by atoms with Gasteiger partial charge >= 0.3 is 0 Å². The molecule has 0 aromatic heterocycles. The number of hydrogen-bond donors (Lipinski definition) is 2. The molecule has 1 aromatic carbocycles. The van der Waals surface area contributed by atoms with Gasteiger partial charge < -0.3 is 15.1 Å². The Bertz CT molecular complexity index is 582. The van der Waals surface area contributed by atoms with E-state index in [9.17, 15) is 9.59 Å². The van der Waals surface area contributed by atoms with Gasteiger partial charge in [-0.3, -0.25) is 9.59 Å². The molecule has 0 radical (unpaired) electrons. The van der Waals surface area contributed by atoms with Gasteiger partial charge in [-0.05, 0) is 30.0 Å². The van der Waals surface area contributed by atoms with E-state index in [-0.39, 0.29) is 17.2 Å². The number of quaternary nitrogens is 1. The first-order valence-corrected chi connectivity index (χ1v) is 9.31. The van der Waals surface area contributed by atoms with E-state index >= 15 is 0 Å². The highest BCUT2D eigenvalue weighted by Crippen LogP contribution is 2.22. The molecule has 2 amide bonds. The average Bonchev–Trinajstić information content (AvgIpc) is 2.61. The first-order chi connectivity index (χ1) is 11.8. The second-order valence-electron chi connectivity index (χ2n) is 7.82. The van der Waals surface area contributed by atoms with Crippen LogP contribution in [0.4, 0.5) is 0 Å². The van der Waals surface area contributed by atoms with Crippen LogP contribution in [0.1, 0.15) is 50.0 Å². The Morgan fingerprint density at radius 1 is 1.12 bits per heavy atom. The van der Waals surface area contributed by atoms with Crippen LogP contribution >= 0.6 is 0 Å². The van der Waals surface area contributed by atoms with Crippen LogP contribution in [0.3, 0.4) is 0 Å². The number of carbonyl (C=O) groups excluding carboxylic acids is 2. The Hall–Kier alpha value is -1.88. The molecular weight excluding hydrogens is 314 g/mol. The number of rotatable bonds is 5. The molecular formula is C20H32N3O2+. The largest absolute Gasteiger partial charge is 0.352 e. The molecule has 5 nitrogen and oxygen atoms in total. The summed E-state index contributed by atoms with van der Waals surface area (Å²) < 4.78 is 0. The van der Waals surface area contributed by atoms with Crippen molar-refractivity contribution >= 4 is 11.8 Å². The lowest BCUT2D eigenvalue weighted by atomic mass is 9.87. The summed E-state index contributed by atoms with van der Waals surface area (Å²) in [5.41, 5.74) is 1.92. The summed E-state index contributed by atoms with van der Waals surface area (Å²) in [4.78, 5) is 27.9. The molecule has 0 spiro atoms. The molecule has 138 valence electrons. The van der Waals surface area contributed by atoms with Crippen LogP contribution < -0.4 is 10.2 Å². The Balaban J connectivity index is 1.76. The molecule has 0 saturated carbocycles. The lowest BCUT2D eigenvalue weighted by Gasteiger charge is -2.31. The third-order valence-electron chi connectivity index (χ3n) is 4.96. The Kier molecular flexibility index (Phi) is 6.59. The molecule has 0 unspecified atom stereocenters. The van der Waals surface area contributed by atoms with Gasteiger partial charge in [-0.1, -0.05) is 32.9 Å². The van der Waals surface area contributed by atoms with Gasteiger partial charge in [0.15, 0.2) is 0 Å². The first-order valence-electron chi connectivity index (χ1n) is 9.31. The van der Waals surface area contributed by atoms with E-state index in [1.165, 1.54) is 5.56 Å². The fraction of sp³-hybridized carbons (Fsp3) is 0.600. The van der Waals surface area contributed by atoms with Crippen molar-refractivity contribution in [3.05, 3.63) is 35.4 Å². The van der Waals surface area contributed by atoms with Gasteiger partial charge in [0.1, 0.15) is 0 Å². The number of nitrogens with one attached hydrogen (secondary N) is 2. The summed E-state index contributed by atoms with van der Waals surface area (Å²) in [5.74, 6) is 0.0204. The quantitative estimate of drug-likeness (QED) is 0.831. The summed E-state index contributed by atoms with van der Waals surface area (Å²) in [6, 6.07) is 7.69. The Morgan fingerprint density at radius 2 is 1.72 bits per heavy atom. The molecule has 2 rings (SSSR count). The minimum absolute atomic E-state index is 0.0743. The van der Waals surface area contributed by atoms with Crippen molar-refractivity contribution in [1.29, 1.82) is 0 Å². The minimum atomic E-state index is -0.117. The summed E-state index contributed by atoms with van der Waals surface area (Å²) in [6.07, 6.45) is 0.368. The fourth-order valence-corrected chi connectivity index (χ4v) is 3.09. The van der Waals surface area contributed by atoms with Crippen LogP contribution in [0.5, 0.6) is 0 Å². The number of benzene rings is 1. The first kappa shape index (κ1) is 19.4. The summed E-state index contributed by atoms with van der Waals surface area (Å²) in [7, 11) is 0. The smallest absolute Gasteiger partial charge is 0.251 e. The zero-order chi connectivity index (χ0) is 18.4. The number of amides is 2. The van der Waals surface area contributed by atoms with Gasteiger partial charge in [0.25, 0.3) is 5.91 Å². The standard InChI is InChI=1S/C20H31N3O2/c1-5-22-12-14-23(15-13-22)18(24)10-11-21-19(25)16-6-8-17(9-7-16)20(2,3)4/h6-9H,5,10-15H2,1-4H3,(H,21,25)/p+1. The van der Waals surface area contributed by atoms with E-state index in [1.54, 1.807) is 4.90 Å². The number of likely N-dealkylation sites (N-methyl/N-ethyl adjacent to an activating group) is 1. The lowest BCUT2D eigenvalue weighted by molar-refractivity contribution is -0.902. The number of hydrogen-bond acceptors (Lipinski definition) is 2. The molecule has 1 aliphatic heterocycles. The zero-order valence-corrected chi connectivity index (χ0v) is 16.0. The van der Waals surface area contributed by atoms with E-state index in [1.807, 2.05) is 29.2 Å². The van der Waals surface area contributed by atoms with Crippen LogP contribution in [0.15, 0.2) is 24.3 Å². The lowest BCUT2D eigenvalue weighted by Crippen LogP contribution is -3.14. The predicted molar refractivity (Wildman–Crippen MR) is 99.9 cm³/mol. The van der Waals surface area contributed by atoms with E-state index in [0.717, 1.165) is 32.7 Å². The molecule has 0 aliphatic carbocycles. The summed E-state index contributed by atoms with van der Waals surface area (Å²) in [6.45, 7) is 13.8. The third-order valence-corrected chi connectivity index (χ3v) is 4.96. The van der Waals surface area contributed by atoms with Gasteiger partial charge in [0.2, 0.25) is 5.91 Å². The second kappa shape index (κ2) is 8.48. The summed E-state index contributed by atoms with van der Waals surface area (Å²) >= 11 is 0. The van der Waals surface area contributed by atoms with Crippen molar-refractivity contribution in [3.8, 4) is 0 Å². The summed E-state index contributed by atoms with van der Waals surface area (Å²) in [5, 5.41) is 2.86. The molecule has 1 saturated heterocycles. The average molecular weight is 346 g/mol. The predicted octanol–water partition coefficient (Wildman–Crippen LogP) is 0.851. The Labute approximate surface area is 151 Å². The SMILES string of the molecule is CC[NH+]1CCN(C(=O)CCNC(=O)c2ccc(C(C)(C)C)cc2)CC1. The molecule has 1 aliphatic rings. The minimum Gasteiger partial charge on any atom is -0.352 e. The van der Waals surface area contributed by atoms with Crippen LogP contribution in [0.25, 0.3) is 0 Å². The molecule has 0 atom stereocenters. The third kappa shape index (κ3) is 5.56. The zero-order valence-electron chi connectivity index (χ0n) is 16.0. The topological polar surface area (TPSA) is 53.9 Å². The monoisotopic (exact) mass is 346 g/mol. The maximum absolute atomic E-state index is 12.2. The van der Waals surface area contributed by atoms with Crippen molar-refractivity contribution in [2.45, 2.75) is 39.5 Å². The van der Waals surface area contributed by atoms with Crippen LogP contribution in [-0.2, 0) is 10.2 Å². The van der Waals surface area contributed by atoms with Crippen molar-refractivity contribution in [2.75, 3.05) is 39.3 Å². The fourth-order valence-electron chi connectivity index (χ4n) is 3.09. The van der Waals surface area contributed by atoms with Gasteiger partial charge in [-0.15, -0.1) is 0 Å². The maximum atomic E-state index is 12.2. The van der Waals surface area contributed by atoms with E-state index in [4.69, 9.17) is 0 Å². The van der Waals surface area contributed by atoms with Crippen molar-refractivity contribution in [1.82, 2.24) is 10.2 Å². The number of carbonyl (C=O) groups is 2. The van der Waals surface area contributed by atoms with Gasteiger partial charge in [-0.25, -0.2) is 0 Å². The highest BCUT2D eigenvalue weighted by atomic mass is 16.2. The van der Waals surface area contributed by atoms with Crippen molar-refractivity contribution in [2.24, 2.45) is 0 Å². The highest BCUT2D eigenvalue weighted by molar-refractivity contribution is 5.94. The van der Waals surface area contributed by atoms with Crippen molar-refractivity contribution < 1.29 is 14.5 Å². The van der Waals surface area contributed by atoms with Gasteiger partial charge in [0.05, 0.1) is 32.7 Å². The van der Waals surface area contributed by atoms with E-state index in [2.05, 4.69) is 33.0 Å². The van der Waals surface area contributed by atoms with Crippen LogP contribution in [0.2, 0.25) is 0 Å². The van der Waals surface area contributed by atoms with Crippen molar-refractivity contribution in [3.63, 3.8) is 0 Å². The Morgan fingerprint density at radius 3 is 2.24 bits per heavy atom. The molecule has 1 heterocycles. The normalized spacial score (nSPS) is 15.9. The molecule has 1 aromatic rings. The van der Waals surface area contributed by atoms with Crippen LogP contribution in [-0.4, -0.2) is 56.0 Å². The maximum Gasteiger partial charge on any atom is 0.251 e. The van der Waals surface area contributed by atoms with E-state index in [0.29, 0.717) is 18.5 Å². The molecule has 25 heavy (non-hydrogen) atoms. The number of piperazine rings is 1. The number of nitrogens with zero attached hydrogens (tertiary/aromatic N) is 1.